The maximum absolute atomic E-state index is 5.73. The lowest BCUT2D eigenvalue weighted by Gasteiger charge is -2.22. The molecule has 0 aliphatic carbocycles. The van der Waals surface area contributed by atoms with Gasteiger partial charge < -0.3 is 10.6 Å². The Bertz CT molecular complexity index is 301. The van der Waals surface area contributed by atoms with Crippen LogP contribution in [0.3, 0.4) is 0 Å². The van der Waals surface area contributed by atoms with Crippen LogP contribution in [0, 0.1) is 12.8 Å². The van der Waals surface area contributed by atoms with Crippen molar-refractivity contribution in [3.63, 3.8) is 0 Å². The monoisotopic (exact) mass is 234 g/mol. The number of likely N-dealkylation sites (N-methyl/N-ethyl adjacent to an activating group) is 1. The minimum Gasteiger partial charge on any atom is -0.330 e. The molecule has 1 rings (SSSR count). The third-order valence-electron chi connectivity index (χ3n) is 3.38. The van der Waals surface area contributed by atoms with Crippen LogP contribution < -0.4 is 5.73 Å². The fourth-order valence-corrected chi connectivity index (χ4v) is 1.98. The van der Waals surface area contributed by atoms with Crippen molar-refractivity contribution < 1.29 is 0 Å². The summed E-state index contributed by atoms with van der Waals surface area (Å²) in [6, 6.07) is 8.82. The summed E-state index contributed by atoms with van der Waals surface area (Å²) in [4.78, 5) is 2.39. The highest BCUT2D eigenvalue weighted by Crippen LogP contribution is 2.06. The van der Waals surface area contributed by atoms with E-state index in [1.807, 2.05) is 0 Å². The summed E-state index contributed by atoms with van der Waals surface area (Å²) >= 11 is 0. The Morgan fingerprint density at radius 2 is 1.88 bits per heavy atom. The lowest BCUT2D eigenvalue weighted by Crippen LogP contribution is -2.31. The molecule has 0 aliphatic heterocycles. The highest BCUT2D eigenvalue weighted by molar-refractivity contribution is 5.21. The fourth-order valence-electron chi connectivity index (χ4n) is 1.98. The average molecular weight is 234 g/mol. The molecule has 0 heterocycles. The molecule has 2 N–H and O–H groups in total. The van der Waals surface area contributed by atoms with Gasteiger partial charge >= 0.3 is 0 Å². The molecule has 0 amide bonds. The predicted octanol–water partition coefficient (Wildman–Crippen LogP) is 2.45. The molecule has 2 heteroatoms. The number of nitrogens with two attached hydrogens (primary N) is 1. The predicted molar refractivity (Wildman–Crippen MR) is 75.2 cm³/mol. The van der Waals surface area contributed by atoms with Crippen LogP contribution in [0.15, 0.2) is 24.3 Å². The highest BCUT2D eigenvalue weighted by atomic mass is 15.1. The zero-order chi connectivity index (χ0) is 12.7. The second-order valence-corrected chi connectivity index (χ2v) is 5.01. The van der Waals surface area contributed by atoms with E-state index in [9.17, 15) is 0 Å². The van der Waals surface area contributed by atoms with Gasteiger partial charge in [-0.1, -0.05) is 43.2 Å². The van der Waals surface area contributed by atoms with E-state index in [-0.39, 0.29) is 0 Å². The van der Waals surface area contributed by atoms with Gasteiger partial charge in [0.1, 0.15) is 0 Å². The molecule has 0 saturated carbocycles. The van der Waals surface area contributed by atoms with E-state index in [0.29, 0.717) is 5.92 Å². The Kier molecular flexibility index (Phi) is 6.23. The van der Waals surface area contributed by atoms with Crippen LogP contribution in [-0.4, -0.2) is 31.6 Å². The quantitative estimate of drug-likeness (QED) is 0.785. The number of aryl methyl sites for hydroxylation is 1. The van der Waals surface area contributed by atoms with E-state index >= 15 is 0 Å². The van der Waals surface area contributed by atoms with Crippen molar-refractivity contribution in [3.05, 3.63) is 35.4 Å². The highest BCUT2D eigenvalue weighted by Gasteiger charge is 2.07. The number of benzene rings is 1. The second-order valence-electron chi connectivity index (χ2n) is 5.01. The zero-order valence-corrected chi connectivity index (χ0v) is 11.4. The first-order valence-electron chi connectivity index (χ1n) is 6.59. The average Bonchev–Trinajstić information content (AvgIpc) is 2.35. The molecule has 2 nitrogen and oxygen atoms in total. The first-order chi connectivity index (χ1) is 8.15. The molecule has 0 saturated heterocycles. The Hall–Kier alpha value is -0.860. The molecule has 96 valence electrons. The Morgan fingerprint density at radius 1 is 1.24 bits per heavy atom. The molecule has 1 unspecified atom stereocenters. The van der Waals surface area contributed by atoms with Gasteiger partial charge in [0.25, 0.3) is 0 Å². The first kappa shape index (κ1) is 14.2. The lowest BCUT2D eigenvalue weighted by atomic mass is 10.1. The maximum atomic E-state index is 5.73. The lowest BCUT2D eigenvalue weighted by molar-refractivity contribution is 0.277. The molecule has 0 aromatic heterocycles. The van der Waals surface area contributed by atoms with E-state index in [1.54, 1.807) is 0 Å². The summed E-state index contributed by atoms with van der Waals surface area (Å²) in [5.74, 6) is 0.637. The summed E-state index contributed by atoms with van der Waals surface area (Å²) in [7, 11) is 2.19. The number of hydrogen-bond donors (Lipinski definition) is 1. The van der Waals surface area contributed by atoms with Gasteiger partial charge in [0, 0.05) is 13.1 Å². The zero-order valence-electron chi connectivity index (χ0n) is 11.4. The van der Waals surface area contributed by atoms with Crippen molar-refractivity contribution in [1.82, 2.24) is 4.90 Å². The molecule has 0 aliphatic rings. The van der Waals surface area contributed by atoms with Crippen molar-refractivity contribution in [3.8, 4) is 0 Å². The summed E-state index contributed by atoms with van der Waals surface area (Å²) in [6.07, 6.45) is 2.29. The largest absolute Gasteiger partial charge is 0.330 e. The van der Waals surface area contributed by atoms with E-state index in [2.05, 4.69) is 50.1 Å². The van der Waals surface area contributed by atoms with Crippen LogP contribution >= 0.6 is 0 Å². The van der Waals surface area contributed by atoms with Crippen LogP contribution in [0.4, 0.5) is 0 Å². The van der Waals surface area contributed by atoms with Crippen molar-refractivity contribution in [1.29, 1.82) is 0 Å². The standard InChI is InChI=1S/C15H26N2/c1-4-14(11-16)12-17(3)10-9-15-7-5-13(2)6-8-15/h5-8,14H,4,9-12,16H2,1-3H3. The Balaban J connectivity index is 2.32. The van der Waals surface area contributed by atoms with Gasteiger partial charge in [-0.05, 0) is 38.4 Å². The Labute approximate surface area is 106 Å². The molecule has 17 heavy (non-hydrogen) atoms. The summed E-state index contributed by atoms with van der Waals surface area (Å²) in [5.41, 5.74) is 8.48. The summed E-state index contributed by atoms with van der Waals surface area (Å²) < 4.78 is 0. The van der Waals surface area contributed by atoms with Gasteiger partial charge in [-0.3, -0.25) is 0 Å². The molecule has 0 radical (unpaired) electrons. The summed E-state index contributed by atoms with van der Waals surface area (Å²) in [5, 5.41) is 0. The first-order valence-corrected chi connectivity index (χ1v) is 6.59. The molecular weight excluding hydrogens is 208 g/mol. The van der Waals surface area contributed by atoms with Crippen molar-refractivity contribution >= 4 is 0 Å². The third-order valence-corrected chi connectivity index (χ3v) is 3.38. The van der Waals surface area contributed by atoms with Crippen LogP contribution in [0.2, 0.25) is 0 Å². The van der Waals surface area contributed by atoms with Gasteiger partial charge in [-0.15, -0.1) is 0 Å². The minimum absolute atomic E-state index is 0.637. The van der Waals surface area contributed by atoms with E-state index in [0.717, 1.165) is 26.1 Å². The van der Waals surface area contributed by atoms with E-state index in [4.69, 9.17) is 5.73 Å². The van der Waals surface area contributed by atoms with E-state index in [1.165, 1.54) is 17.5 Å². The van der Waals surface area contributed by atoms with Gasteiger partial charge in [0.05, 0.1) is 0 Å². The summed E-state index contributed by atoms with van der Waals surface area (Å²) in [6.45, 7) is 7.36. The topological polar surface area (TPSA) is 29.3 Å². The van der Waals surface area contributed by atoms with Crippen LogP contribution in [-0.2, 0) is 6.42 Å². The van der Waals surface area contributed by atoms with Gasteiger partial charge in [0.2, 0.25) is 0 Å². The second kappa shape index (κ2) is 7.46. The van der Waals surface area contributed by atoms with Crippen LogP contribution in [0.25, 0.3) is 0 Å². The smallest absolute Gasteiger partial charge is 0.00189 e. The maximum Gasteiger partial charge on any atom is 0.00189 e. The third kappa shape index (κ3) is 5.33. The molecule has 1 atom stereocenters. The van der Waals surface area contributed by atoms with Crippen molar-refractivity contribution in [2.75, 3.05) is 26.7 Å². The van der Waals surface area contributed by atoms with E-state index < -0.39 is 0 Å². The minimum atomic E-state index is 0.637. The molecule has 0 fully saturated rings. The molecule has 0 spiro atoms. The van der Waals surface area contributed by atoms with Crippen molar-refractivity contribution in [2.24, 2.45) is 11.7 Å². The van der Waals surface area contributed by atoms with Crippen LogP contribution in [0.1, 0.15) is 24.5 Å². The number of hydrogen-bond acceptors (Lipinski definition) is 2. The normalized spacial score (nSPS) is 13.0. The van der Waals surface area contributed by atoms with Gasteiger partial charge in [-0.25, -0.2) is 0 Å². The van der Waals surface area contributed by atoms with Crippen LogP contribution in [0.5, 0.6) is 0 Å². The van der Waals surface area contributed by atoms with Crippen molar-refractivity contribution in [2.45, 2.75) is 26.7 Å². The molecule has 1 aromatic carbocycles. The number of nitrogens with zero attached hydrogens (tertiary/aromatic N) is 1. The molecule has 1 aromatic rings. The molecular formula is C15H26N2. The fraction of sp³-hybridized carbons (Fsp3) is 0.600. The van der Waals surface area contributed by atoms with Gasteiger partial charge in [0.15, 0.2) is 0 Å². The Morgan fingerprint density at radius 3 is 2.41 bits per heavy atom. The van der Waals surface area contributed by atoms with Gasteiger partial charge in [-0.2, -0.15) is 0 Å². The number of rotatable bonds is 7. The SMILES string of the molecule is CCC(CN)CN(C)CCc1ccc(C)cc1. The molecule has 0 bridgehead atoms.